The molecule has 0 spiro atoms. The summed E-state index contributed by atoms with van der Waals surface area (Å²) in [7, 11) is 0. The highest BCUT2D eigenvalue weighted by atomic mass is 19.1. The zero-order valence-corrected chi connectivity index (χ0v) is 14.7. The average Bonchev–Trinajstić information content (AvgIpc) is 3.45. The molecular weight excluding hydrogens is 333 g/mol. The molecular formula is C20H22FN3O2. The molecule has 1 unspecified atom stereocenters. The Labute approximate surface area is 152 Å². The summed E-state index contributed by atoms with van der Waals surface area (Å²) in [6.07, 6.45) is 2.85. The number of benzene rings is 1. The van der Waals surface area contributed by atoms with Gasteiger partial charge in [-0.15, -0.1) is 0 Å². The number of hydrogen-bond donors (Lipinski definition) is 2. The topological polar surface area (TPSA) is 63.2 Å². The van der Waals surface area contributed by atoms with Crippen LogP contribution in [0.3, 0.4) is 0 Å². The number of anilines is 1. The molecule has 26 heavy (non-hydrogen) atoms. The van der Waals surface area contributed by atoms with Crippen molar-refractivity contribution in [1.82, 2.24) is 10.3 Å². The molecule has 5 nitrogen and oxygen atoms in total. The van der Waals surface area contributed by atoms with Gasteiger partial charge in [0.1, 0.15) is 18.1 Å². The van der Waals surface area contributed by atoms with Crippen molar-refractivity contribution in [1.29, 1.82) is 0 Å². The van der Waals surface area contributed by atoms with Crippen molar-refractivity contribution in [2.75, 3.05) is 18.5 Å². The number of hydrogen-bond acceptors (Lipinski definition) is 4. The number of rotatable bonds is 5. The van der Waals surface area contributed by atoms with Crippen LogP contribution in [-0.4, -0.2) is 30.1 Å². The first-order valence-electron chi connectivity index (χ1n) is 9.04. The van der Waals surface area contributed by atoms with Gasteiger partial charge >= 0.3 is 0 Å². The minimum absolute atomic E-state index is 0.178. The van der Waals surface area contributed by atoms with Gasteiger partial charge in [-0.05, 0) is 61.4 Å². The molecule has 2 heterocycles. The maximum absolute atomic E-state index is 13.2. The molecule has 1 aliphatic heterocycles. The molecule has 1 atom stereocenters. The van der Waals surface area contributed by atoms with E-state index in [1.165, 1.54) is 25.0 Å². The van der Waals surface area contributed by atoms with Crippen molar-refractivity contribution in [2.45, 2.75) is 32.2 Å². The van der Waals surface area contributed by atoms with E-state index in [2.05, 4.69) is 15.6 Å². The molecule has 0 saturated heterocycles. The number of nitrogens with zero attached hydrogens (tertiary/aromatic N) is 1. The molecule has 1 aliphatic carbocycles. The van der Waals surface area contributed by atoms with Crippen LogP contribution >= 0.6 is 0 Å². The Bertz CT molecular complexity index is 819. The summed E-state index contributed by atoms with van der Waals surface area (Å²) < 4.78 is 18.9. The van der Waals surface area contributed by atoms with E-state index in [9.17, 15) is 9.18 Å². The van der Waals surface area contributed by atoms with E-state index >= 15 is 0 Å². The lowest BCUT2D eigenvalue weighted by molar-refractivity contribution is 0.0944. The largest absolute Gasteiger partial charge is 0.474 e. The molecule has 6 heteroatoms. The fourth-order valence-corrected chi connectivity index (χ4v) is 3.06. The Morgan fingerprint density at radius 1 is 1.35 bits per heavy atom. The van der Waals surface area contributed by atoms with Crippen LogP contribution in [0.25, 0.3) is 0 Å². The first-order valence-corrected chi connectivity index (χ1v) is 9.04. The molecule has 1 amide bonds. The van der Waals surface area contributed by atoms with E-state index in [1.807, 2.05) is 13.0 Å². The van der Waals surface area contributed by atoms with Gasteiger partial charge in [-0.3, -0.25) is 4.79 Å². The molecule has 2 aliphatic rings. The Morgan fingerprint density at radius 2 is 2.12 bits per heavy atom. The third-order valence-corrected chi connectivity index (χ3v) is 4.71. The summed E-state index contributed by atoms with van der Waals surface area (Å²) in [6.45, 7) is 3.23. The molecule has 0 radical (unpaired) electrons. The molecule has 1 aromatic carbocycles. The van der Waals surface area contributed by atoms with Crippen molar-refractivity contribution in [3.8, 4) is 5.88 Å². The van der Waals surface area contributed by atoms with E-state index in [4.69, 9.17) is 4.74 Å². The summed E-state index contributed by atoms with van der Waals surface area (Å²) in [6, 6.07) is 8.42. The summed E-state index contributed by atoms with van der Waals surface area (Å²) in [4.78, 5) is 17.2. The highest BCUT2D eigenvalue weighted by Gasteiger charge is 2.25. The first kappa shape index (κ1) is 16.8. The fourth-order valence-electron chi connectivity index (χ4n) is 3.06. The number of ether oxygens (including phenoxy) is 1. The highest BCUT2D eigenvalue weighted by molar-refractivity contribution is 5.94. The molecule has 0 bridgehead atoms. The number of nitrogens with one attached hydrogen (secondary N) is 2. The minimum Gasteiger partial charge on any atom is -0.474 e. The predicted octanol–water partition coefficient (Wildman–Crippen LogP) is 3.14. The van der Waals surface area contributed by atoms with Crippen molar-refractivity contribution >= 4 is 11.6 Å². The zero-order chi connectivity index (χ0) is 18.1. The van der Waals surface area contributed by atoms with Gasteiger partial charge in [-0.25, -0.2) is 9.37 Å². The number of amides is 1. The van der Waals surface area contributed by atoms with Crippen molar-refractivity contribution < 1.29 is 13.9 Å². The van der Waals surface area contributed by atoms with Crippen LogP contribution in [0.2, 0.25) is 0 Å². The van der Waals surface area contributed by atoms with Crippen LogP contribution in [0.1, 0.15) is 41.4 Å². The fraction of sp³-hybridized carbons (Fsp3) is 0.400. The van der Waals surface area contributed by atoms with Crippen molar-refractivity contribution in [3.05, 3.63) is 53.0 Å². The van der Waals surface area contributed by atoms with Gasteiger partial charge in [0.25, 0.3) is 5.91 Å². The molecule has 2 N–H and O–H groups in total. The number of halogens is 1. The third-order valence-electron chi connectivity index (χ3n) is 4.71. The number of fused-ring (bicyclic) bond motifs is 1. The van der Waals surface area contributed by atoms with Gasteiger partial charge in [-0.2, -0.15) is 0 Å². The Hall–Kier alpha value is -2.63. The van der Waals surface area contributed by atoms with Gasteiger partial charge in [0.15, 0.2) is 0 Å². The molecule has 2 aromatic rings. The van der Waals surface area contributed by atoms with E-state index in [-0.39, 0.29) is 17.8 Å². The van der Waals surface area contributed by atoms with Crippen LogP contribution in [0.15, 0.2) is 30.3 Å². The minimum atomic E-state index is -0.274. The summed E-state index contributed by atoms with van der Waals surface area (Å²) >= 11 is 0. The number of pyridine rings is 1. The van der Waals surface area contributed by atoms with Crippen molar-refractivity contribution in [3.63, 3.8) is 0 Å². The standard InChI is InChI=1S/C20H22FN3O2/c1-12-11-26-20-17(23-12)9-15(8-13-4-6-16(21)7-5-13)18(24-20)19(25)22-10-14-2-3-14/h4-7,9,12,14,23H,2-3,8,10-11H2,1H3,(H,22,25). The summed E-state index contributed by atoms with van der Waals surface area (Å²) in [5.41, 5.74) is 2.90. The van der Waals surface area contributed by atoms with E-state index in [0.29, 0.717) is 37.1 Å². The van der Waals surface area contributed by atoms with Crippen LogP contribution in [0.4, 0.5) is 10.1 Å². The Kier molecular flexibility index (Phi) is 4.49. The molecule has 1 aromatic heterocycles. The number of carbonyl (C=O) groups is 1. The zero-order valence-electron chi connectivity index (χ0n) is 14.7. The third kappa shape index (κ3) is 3.79. The quantitative estimate of drug-likeness (QED) is 0.865. The van der Waals surface area contributed by atoms with Crippen LogP contribution in [-0.2, 0) is 6.42 Å². The van der Waals surface area contributed by atoms with Crippen LogP contribution < -0.4 is 15.4 Å². The van der Waals surface area contributed by atoms with Gasteiger partial charge in [0.2, 0.25) is 5.88 Å². The van der Waals surface area contributed by atoms with Gasteiger partial charge in [-0.1, -0.05) is 12.1 Å². The summed E-state index contributed by atoms with van der Waals surface area (Å²) in [5, 5.41) is 6.32. The van der Waals surface area contributed by atoms with Crippen LogP contribution in [0.5, 0.6) is 5.88 Å². The molecule has 136 valence electrons. The SMILES string of the molecule is CC1COc2nc(C(=O)NCC3CC3)c(Cc3ccc(F)cc3)cc2N1. The van der Waals surface area contributed by atoms with Crippen molar-refractivity contribution in [2.24, 2.45) is 5.92 Å². The predicted molar refractivity (Wildman–Crippen MR) is 97.1 cm³/mol. The lowest BCUT2D eigenvalue weighted by Crippen LogP contribution is -2.31. The normalized spacial score (nSPS) is 18.5. The first-order chi connectivity index (χ1) is 12.6. The molecule has 4 rings (SSSR count). The maximum Gasteiger partial charge on any atom is 0.270 e. The second kappa shape index (κ2) is 6.94. The lowest BCUT2D eigenvalue weighted by atomic mass is 10.0. The molecule has 1 saturated carbocycles. The van der Waals surface area contributed by atoms with E-state index in [1.54, 1.807) is 12.1 Å². The Balaban J connectivity index is 1.64. The monoisotopic (exact) mass is 355 g/mol. The number of carbonyl (C=O) groups excluding carboxylic acids is 1. The smallest absolute Gasteiger partial charge is 0.270 e. The lowest BCUT2D eigenvalue weighted by Gasteiger charge is -2.25. The van der Waals surface area contributed by atoms with Crippen LogP contribution in [0, 0.1) is 11.7 Å². The second-order valence-electron chi connectivity index (χ2n) is 7.16. The van der Waals surface area contributed by atoms with Gasteiger partial charge < -0.3 is 15.4 Å². The average molecular weight is 355 g/mol. The van der Waals surface area contributed by atoms with Gasteiger partial charge in [0, 0.05) is 6.54 Å². The maximum atomic E-state index is 13.2. The second-order valence-corrected chi connectivity index (χ2v) is 7.16. The Morgan fingerprint density at radius 3 is 2.85 bits per heavy atom. The molecule has 1 fully saturated rings. The summed E-state index contributed by atoms with van der Waals surface area (Å²) in [5.74, 6) is 0.598. The van der Waals surface area contributed by atoms with Gasteiger partial charge in [0.05, 0.1) is 11.7 Å². The van der Waals surface area contributed by atoms with E-state index < -0.39 is 0 Å². The van der Waals surface area contributed by atoms with E-state index in [0.717, 1.165) is 16.8 Å². The number of aromatic nitrogens is 1. The highest BCUT2D eigenvalue weighted by Crippen LogP contribution is 2.31.